The number of amides is 2. The van der Waals surface area contributed by atoms with Crippen LogP contribution in [0.15, 0.2) is 58.3 Å². The number of benzene rings is 2. The highest BCUT2D eigenvalue weighted by atomic mass is 32.2. The van der Waals surface area contributed by atoms with E-state index in [1.807, 2.05) is 74.9 Å². The van der Waals surface area contributed by atoms with E-state index in [1.54, 1.807) is 0 Å². The second kappa shape index (κ2) is 8.51. The van der Waals surface area contributed by atoms with Crippen LogP contribution in [0.1, 0.15) is 11.1 Å². The van der Waals surface area contributed by atoms with E-state index in [0.29, 0.717) is 15.6 Å². The number of thioether (sulfide) groups is 2. The number of hydrogen-bond acceptors (Lipinski definition) is 5. The normalized spacial score (nSPS) is 14.7. The van der Waals surface area contributed by atoms with E-state index in [1.165, 1.54) is 33.3 Å². The van der Waals surface area contributed by atoms with E-state index in [9.17, 15) is 9.59 Å². The van der Waals surface area contributed by atoms with Crippen molar-refractivity contribution in [3.8, 4) is 0 Å². The minimum absolute atomic E-state index is 0.148. The van der Waals surface area contributed by atoms with Gasteiger partial charge in [-0.05, 0) is 62.8 Å². The van der Waals surface area contributed by atoms with Crippen molar-refractivity contribution in [1.29, 1.82) is 0 Å². The van der Waals surface area contributed by atoms with Crippen molar-refractivity contribution in [2.45, 2.75) is 13.8 Å². The monoisotopic (exact) mass is 428 g/mol. The number of rotatable bonds is 4. The van der Waals surface area contributed by atoms with Gasteiger partial charge in [0.15, 0.2) is 5.11 Å². The number of anilines is 2. The molecule has 2 aromatic carbocycles. The van der Waals surface area contributed by atoms with Crippen molar-refractivity contribution < 1.29 is 9.59 Å². The highest BCUT2D eigenvalue weighted by Gasteiger charge is 2.42. The molecule has 1 heterocycles. The maximum atomic E-state index is 13.3. The van der Waals surface area contributed by atoms with Crippen LogP contribution in [0.3, 0.4) is 0 Å². The summed E-state index contributed by atoms with van der Waals surface area (Å²) in [4.78, 5) is 29.5. The van der Waals surface area contributed by atoms with Gasteiger partial charge in [0, 0.05) is 0 Å². The van der Waals surface area contributed by atoms with Crippen LogP contribution in [-0.4, -0.2) is 29.4 Å². The van der Waals surface area contributed by atoms with Crippen LogP contribution in [0.5, 0.6) is 0 Å². The summed E-state index contributed by atoms with van der Waals surface area (Å²) < 4.78 is 0.673. The van der Waals surface area contributed by atoms with Gasteiger partial charge in [-0.25, -0.2) is 0 Å². The molecule has 0 atom stereocenters. The van der Waals surface area contributed by atoms with Gasteiger partial charge < -0.3 is 0 Å². The van der Waals surface area contributed by atoms with E-state index < -0.39 is 0 Å². The average Bonchev–Trinajstić information content (AvgIpc) is 2.68. The Bertz CT molecular complexity index is 891. The molecule has 0 bridgehead atoms. The standard InChI is InChI=1S/C21H20N2O2S3/c1-13-5-9-15(10-6-13)22-18(24)17(20(27-3)28-4)19(25)23(21(22)26)16-11-7-14(2)8-12-16/h5-12H,1-4H3. The summed E-state index contributed by atoms with van der Waals surface area (Å²) in [5.41, 5.74) is 3.59. The molecule has 2 aromatic rings. The molecule has 1 aliphatic rings. The molecular weight excluding hydrogens is 408 g/mol. The Balaban J connectivity index is 2.20. The van der Waals surface area contributed by atoms with Crippen molar-refractivity contribution in [2.24, 2.45) is 0 Å². The molecule has 0 radical (unpaired) electrons. The van der Waals surface area contributed by atoms with Crippen LogP contribution in [0, 0.1) is 13.8 Å². The largest absolute Gasteiger partial charge is 0.271 e. The summed E-state index contributed by atoms with van der Waals surface area (Å²) in [7, 11) is 0. The van der Waals surface area contributed by atoms with Gasteiger partial charge in [-0.2, -0.15) is 0 Å². The first-order chi connectivity index (χ1) is 13.4. The van der Waals surface area contributed by atoms with Gasteiger partial charge in [-0.1, -0.05) is 35.4 Å². The molecule has 0 aromatic heterocycles. The molecule has 144 valence electrons. The molecule has 2 amide bonds. The van der Waals surface area contributed by atoms with Crippen molar-refractivity contribution in [3.63, 3.8) is 0 Å². The molecule has 28 heavy (non-hydrogen) atoms. The van der Waals surface area contributed by atoms with Crippen LogP contribution >= 0.6 is 35.7 Å². The fourth-order valence-corrected chi connectivity index (χ4v) is 4.69. The van der Waals surface area contributed by atoms with Crippen molar-refractivity contribution in [1.82, 2.24) is 0 Å². The SMILES string of the molecule is CSC(SC)=C1C(=O)N(c2ccc(C)cc2)C(=S)N(c2ccc(C)cc2)C1=O. The quantitative estimate of drug-likeness (QED) is 0.393. The number of carbonyl (C=O) groups is 2. The van der Waals surface area contributed by atoms with Crippen LogP contribution in [0.2, 0.25) is 0 Å². The summed E-state index contributed by atoms with van der Waals surface area (Å²) in [6.45, 7) is 3.96. The number of nitrogens with zero attached hydrogens (tertiary/aromatic N) is 2. The number of carbonyl (C=O) groups excluding carboxylic acids is 2. The highest BCUT2D eigenvalue weighted by Crippen LogP contribution is 2.35. The Morgan fingerprint density at radius 3 is 1.43 bits per heavy atom. The lowest BCUT2D eigenvalue weighted by atomic mass is 10.1. The Kier molecular flexibility index (Phi) is 6.27. The predicted octanol–water partition coefficient (Wildman–Crippen LogP) is 4.91. The molecule has 0 unspecified atom stereocenters. The minimum atomic E-state index is -0.388. The van der Waals surface area contributed by atoms with Gasteiger partial charge in [0.25, 0.3) is 11.8 Å². The molecule has 0 N–H and O–H groups in total. The molecule has 0 spiro atoms. The fraction of sp³-hybridized carbons (Fsp3) is 0.190. The zero-order valence-corrected chi connectivity index (χ0v) is 18.5. The molecule has 1 aliphatic heterocycles. The highest BCUT2D eigenvalue weighted by molar-refractivity contribution is 8.21. The van der Waals surface area contributed by atoms with Gasteiger partial charge in [-0.15, -0.1) is 23.5 Å². The van der Waals surface area contributed by atoms with Crippen LogP contribution < -0.4 is 9.80 Å². The summed E-state index contributed by atoms with van der Waals surface area (Å²) in [6.07, 6.45) is 3.72. The lowest BCUT2D eigenvalue weighted by Gasteiger charge is -2.37. The van der Waals surface area contributed by atoms with Crippen LogP contribution in [-0.2, 0) is 9.59 Å². The van der Waals surface area contributed by atoms with E-state index in [4.69, 9.17) is 12.2 Å². The maximum Gasteiger partial charge on any atom is 0.271 e. The first kappa shape index (κ1) is 20.6. The van der Waals surface area contributed by atoms with E-state index >= 15 is 0 Å². The second-order valence-electron chi connectivity index (χ2n) is 6.31. The van der Waals surface area contributed by atoms with Crippen molar-refractivity contribution >= 4 is 64.0 Å². The van der Waals surface area contributed by atoms with E-state index in [0.717, 1.165) is 11.1 Å². The Morgan fingerprint density at radius 1 is 0.750 bits per heavy atom. The number of hydrogen-bond donors (Lipinski definition) is 0. The van der Waals surface area contributed by atoms with E-state index in [2.05, 4.69) is 0 Å². The topological polar surface area (TPSA) is 40.6 Å². The lowest BCUT2D eigenvalue weighted by Crippen LogP contribution is -2.57. The third-order valence-corrected chi connectivity index (χ3v) is 6.89. The lowest BCUT2D eigenvalue weighted by molar-refractivity contribution is -0.120. The third kappa shape index (κ3) is 3.74. The molecule has 3 rings (SSSR count). The zero-order chi connectivity index (χ0) is 20.4. The zero-order valence-electron chi connectivity index (χ0n) is 16.1. The number of aryl methyl sites for hydroxylation is 2. The summed E-state index contributed by atoms with van der Waals surface area (Å²) in [5, 5.41) is 0.160. The van der Waals surface area contributed by atoms with Crippen molar-refractivity contribution in [2.75, 3.05) is 22.3 Å². The van der Waals surface area contributed by atoms with Gasteiger partial charge >= 0.3 is 0 Å². The van der Waals surface area contributed by atoms with Gasteiger partial charge in [0.1, 0.15) is 5.57 Å². The fourth-order valence-electron chi connectivity index (χ4n) is 2.89. The Morgan fingerprint density at radius 2 is 1.11 bits per heavy atom. The summed E-state index contributed by atoms with van der Waals surface area (Å²) >= 11 is 8.40. The molecule has 1 fully saturated rings. The third-order valence-electron chi connectivity index (χ3n) is 4.38. The second-order valence-corrected chi connectivity index (χ2v) is 8.56. The molecule has 0 saturated carbocycles. The van der Waals surface area contributed by atoms with Gasteiger partial charge in [0.05, 0.1) is 15.6 Å². The smallest absolute Gasteiger partial charge is 0.268 e. The van der Waals surface area contributed by atoms with Crippen LogP contribution in [0.25, 0.3) is 0 Å². The van der Waals surface area contributed by atoms with Gasteiger partial charge in [0.2, 0.25) is 0 Å². The van der Waals surface area contributed by atoms with E-state index in [-0.39, 0.29) is 22.5 Å². The van der Waals surface area contributed by atoms with Crippen LogP contribution in [0.4, 0.5) is 11.4 Å². The Hall–Kier alpha value is -2.09. The predicted molar refractivity (Wildman–Crippen MR) is 124 cm³/mol. The number of thiocarbonyl (C=S) groups is 1. The summed E-state index contributed by atoms with van der Waals surface area (Å²) in [6, 6.07) is 15.1. The summed E-state index contributed by atoms with van der Waals surface area (Å²) in [5.74, 6) is -0.776. The maximum absolute atomic E-state index is 13.3. The average molecular weight is 429 g/mol. The molecule has 4 nitrogen and oxygen atoms in total. The minimum Gasteiger partial charge on any atom is -0.268 e. The molecular formula is C21H20N2O2S3. The first-order valence-corrected chi connectivity index (χ1v) is 11.4. The molecule has 7 heteroatoms. The van der Waals surface area contributed by atoms with Crippen molar-refractivity contribution in [3.05, 3.63) is 69.5 Å². The Labute approximate surface area is 179 Å². The first-order valence-electron chi connectivity index (χ1n) is 8.57. The molecule has 0 aliphatic carbocycles. The molecule has 1 saturated heterocycles. The van der Waals surface area contributed by atoms with Gasteiger partial charge in [-0.3, -0.25) is 19.4 Å².